The Hall–Kier alpha value is -1.24. The number of aliphatic hydroxyl groups excluding tert-OH is 1. The van der Waals surface area contributed by atoms with Crippen LogP contribution >= 0.6 is 11.6 Å². The standard InChI is InChI=1S/C12H13ClN2O/c1-8-12(16)4-5-15(8)10-3-2-9(7-14)11(13)6-10/h2-3,6,8,12,16H,4-5H2,1H3/t8-,12-/m0/s1. The van der Waals surface area contributed by atoms with Crippen molar-refractivity contribution in [1.29, 1.82) is 5.26 Å². The van der Waals surface area contributed by atoms with Gasteiger partial charge in [-0.3, -0.25) is 0 Å². The van der Waals surface area contributed by atoms with Gasteiger partial charge in [-0.1, -0.05) is 11.6 Å². The van der Waals surface area contributed by atoms with E-state index in [4.69, 9.17) is 16.9 Å². The molecule has 1 fully saturated rings. The summed E-state index contributed by atoms with van der Waals surface area (Å²) in [5, 5.41) is 18.9. The van der Waals surface area contributed by atoms with Crippen LogP contribution in [0.2, 0.25) is 5.02 Å². The molecule has 16 heavy (non-hydrogen) atoms. The van der Waals surface area contributed by atoms with Crippen LogP contribution in [0, 0.1) is 11.3 Å². The van der Waals surface area contributed by atoms with Crippen LogP contribution < -0.4 is 4.90 Å². The van der Waals surface area contributed by atoms with Gasteiger partial charge in [0.25, 0.3) is 0 Å². The maximum Gasteiger partial charge on any atom is 0.101 e. The molecule has 3 nitrogen and oxygen atoms in total. The normalized spacial score (nSPS) is 24.5. The van der Waals surface area contributed by atoms with Crippen LogP contribution in [0.5, 0.6) is 0 Å². The van der Waals surface area contributed by atoms with Crippen LogP contribution in [0.1, 0.15) is 18.9 Å². The number of benzene rings is 1. The predicted molar refractivity (Wildman–Crippen MR) is 63.6 cm³/mol. The second-order valence-electron chi connectivity index (χ2n) is 4.07. The molecule has 0 amide bonds. The van der Waals surface area contributed by atoms with Crippen molar-refractivity contribution in [3.8, 4) is 6.07 Å². The Morgan fingerprint density at radius 3 is 2.81 bits per heavy atom. The molecule has 1 heterocycles. The molecule has 0 aliphatic carbocycles. The van der Waals surface area contributed by atoms with E-state index in [2.05, 4.69) is 4.90 Å². The first-order valence-corrected chi connectivity index (χ1v) is 5.65. The minimum atomic E-state index is -0.283. The summed E-state index contributed by atoms with van der Waals surface area (Å²) in [6.45, 7) is 2.81. The van der Waals surface area contributed by atoms with Gasteiger partial charge in [-0.15, -0.1) is 0 Å². The molecule has 0 bridgehead atoms. The van der Waals surface area contributed by atoms with Crippen LogP contribution in [0.4, 0.5) is 5.69 Å². The number of hydrogen-bond acceptors (Lipinski definition) is 3. The average molecular weight is 237 g/mol. The van der Waals surface area contributed by atoms with E-state index in [0.717, 1.165) is 18.7 Å². The minimum absolute atomic E-state index is 0.101. The fourth-order valence-corrected chi connectivity index (χ4v) is 2.28. The van der Waals surface area contributed by atoms with E-state index in [9.17, 15) is 5.11 Å². The number of nitrogens with zero attached hydrogens (tertiary/aromatic N) is 2. The average Bonchev–Trinajstić information content (AvgIpc) is 2.60. The number of halogens is 1. The van der Waals surface area contributed by atoms with Gasteiger partial charge in [0.1, 0.15) is 6.07 Å². The number of anilines is 1. The summed E-state index contributed by atoms with van der Waals surface area (Å²) >= 11 is 5.98. The Labute approximate surface area is 99.9 Å². The number of rotatable bonds is 1. The molecule has 0 unspecified atom stereocenters. The van der Waals surface area contributed by atoms with E-state index in [0.29, 0.717) is 10.6 Å². The molecule has 2 atom stereocenters. The van der Waals surface area contributed by atoms with Crippen molar-refractivity contribution in [2.75, 3.05) is 11.4 Å². The van der Waals surface area contributed by atoms with Crippen molar-refractivity contribution in [2.24, 2.45) is 0 Å². The molecule has 1 aromatic carbocycles. The molecule has 4 heteroatoms. The van der Waals surface area contributed by atoms with Gasteiger partial charge in [0, 0.05) is 12.2 Å². The second kappa shape index (κ2) is 4.32. The fourth-order valence-electron chi connectivity index (χ4n) is 2.06. The predicted octanol–water partition coefficient (Wildman–Crippen LogP) is 2.17. The monoisotopic (exact) mass is 236 g/mol. The van der Waals surface area contributed by atoms with Crippen molar-refractivity contribution >= 4 is 17.3 Å². The first-order chi connectivity index (χ1) is 7.63. The first-order valence-electron chi connectivity index (χ1n) is 5.28. The lowest BCUT2D eigenvalue weighted by Gasteiger charge is -2.25. The summed E-state index contributed by atoms with van der Waals surface area (Å²) in [4.78, 5) is 2.11. The van der Waals surface area contributed by atoms with Crippen LogP contribution in [-0.2, 0) is 0 Å². The van der Waals surface area contributed by atoms with Gasteiger partial charge in [-0.25, -0.2) is 0 Å². The highest BCUT2D eigenvalue weighted by Crippen LogP contribution is 2.29. The van der Waals surface area contributed by atoms with Gasteiger partial charge in [-0.2, -0.15) is 5.26 Å². The van der Waals surface area contributed by atoms with Gasteiger partial charge < -0.3 is 10.0 Å². The highest BCUT2D eigenvalue weighted by molar-refractivity contribution is 6.32. The molecule has 1 aliphatic rings. The van der Waals surface area contributed by atoms with Gasteiger partial charge in [0.2, 0.25) is 0 Å². The summed E-state index contributed by atoms with van der Waals surface area (Å²) in [7, 11) is 0. The molecule has 0 aromatic heterocycles. The van der Waals surface area contributed by atoms with Gasteiger partial charge in [0.05, 0.1) is 22.7 Å². The maximum absolute atomic E-state index is 9.67. The second-order valence-corrected chi connectivity index (χ2v) is 4.47. The van der Waals surface area contributed by atoms with Gasteiger partial charge >= 0.3 is 0 Å². The lowest BCUT2D eigenvalue weighted by atomic mass is 10.1. The molecule has 2 rings (SSSR count). The van der Waals surface area contributed by atoms with Crippen LogP contribution in [0.15, 0.2) is 18.2 Å². The smallest absolute Gasteiger partial charge is 0.101 e. The van der Waals surface area contributed by atoms with Crippen molar-refractivity contribution in [1.82, 2.24) is 0 Å². The Kier molecular flexibility index (Phi) is 3.04. The highest BCUT2D eigenvalue weighted by Gasteiger charge is 2.29. The van der Waals surface area contributed by atoms with E-state index < -0.39 is 0 Å². The molecule has 0 saturated carbocycles. The van der Waals surface area contributed by atoms with Crippen LogP contribution in [0.3, 0.4) is 0 Å². The van der Waals surface area contributed by atoms with Crippen molar-refractivity contribution in [3.05, 3.63) is 28.8 Å². The van der Waals surface area contributed by atoms with Gasteiger partial charge in [-0.05, 0) is 31.5 Å². The number of aliphatic hydroxyl groups is 1. The third kappa shape index (κ3) is 1.87. The molecule has 1 aromatic rings. The Morgan fingerprint density at radius 1 is 1.56 bits per heavy atom. The van der Waals surface area contributed by atoms with Crippen LogP contribution in [0.25, 0.3) is 0 Å². The summed E-state index contributed by atoms with van der Waals surface area (Å²) in [5.41, 5.74) is 1.45. The van der Waals surface area contributed by atoms with E-state index in [-0.39, 0.29) is 12.1 Å². The van der Waals surface area contributed by atoms with Crippen molar-refractivity contribution < 1.29 is 5.11 Å². The topological polar surface area (TPSA) is 47.3 Å². The lowest BCUT2D eigenvalue weighted by Crippen LogP contribution is -2.32. The molecule has 1 saturated heterocycles. The third-order valence-electron chi connectivity index (χ3n) is 3.12. The third-order valence-corrected chi connectivity index (χ3v) is 3.43. The molecular weight excluding hydrogens is 224 g/mol. The lowest BCUT2D eigenvalue weighted by molar-refractivity contribution is 0.170. The summed E-state index contributed by atoms with van der Waals surface area (Å²) in [6.07, 6.45) is 0.494. The molecule has 0 radical (unpaired) electrons. The zero-order chi connectivity index (χ0) is 11.7. The number of hydrogen-bond donors (Lipinski definition) is 1. The Balaban J connectivity index is 2.29. The fraction of sp³-hybridized carbons (Fsp3) is 0.417. The van der Waals surface area contributed by atoms with Crippen molar-refractivity contribution in [2.45, 2.75) is 25.5 Å². The molecule has 84 valence electrons. The van der Waals surface area contributed by atoms with E-state index in [1.807, 2.05) is 19.1 Å². The summed E-state index contributed by atoms with van der Waals surface area (Å²) in [5.74, 6) is 0. The minimum Gasteiger partial charge on any atom is -0.391 e. The molecule has 1 aliphatic heterocycles. The Morgan fingerprint density at radius 2 is 2.31 bits per heavy atom. The maximum atomic E-state index is 9.67. The van der Waals surface area contributed by atoms with Gasteiger partial charge in [0.15, 0.2) is 0 Å². The number of nitriles is 1. The molecule has 1 N–H and O–H groups in total. The molecule has 0 spiro atoms. The van der Waals surface area contributed by atoms with E-state index >= 15 is 0 Å². The Bertz CT molecular complexity index is 441. The van der Waals surface area contributed by atoms with E-state index in [1.54, 1.807) is 12.1 Å². The highest BCUT2D eigenvalue weighted by atomic mass is 35.5. The summed E-state index contributed by atoms with van der Waals surface area (Å²) < 4.78 is 0. The van der Waals surface area contributed by atoms with Crippen LogP contribution in [-0.4, -0.2) is 23.8 Å². The van der Waals surface area contributed by atoms with Crippen molar-refractivity contribution in [3.63, 3.8) is 0 Å². The first kappa shape index (κ1) is 11.3. The SMILES string of the molecule is C[C@H]1[C@@H](O)CCN1c1ccc(C#N)c(Cl)c1. The molecular formula is C12H13ClN2O. The zero-order valence-electron chi connectivity index (χ0n) is 9.02. The quantitative estimate of drug-likeness (QED) is 0.813. The van der Waals surface area contributed by atoms with E-state index in [1.165, 1.54) is 0 Å². The largest absolute Gasteiger partial charge is 0.391 e. The summed E-state index contributed by atoms with van der Waals surface area (Å²) in [6, 6.07) is 7.51. The zero-order valence-corrected chi connectivity index (χ0v) is 9.78.